The van der Waals surface area contributed by atoms with E-state index in [0.717, 1.165) is 12.8 Å². The molecule has 2 rings (SSSR count). The van der Waals surface area contributed by atoms with E-state index in [2.05, 4.69) is 10.2 Å². The number of unbranched alkanes of at least 4 members (excludes halogenated alkanes) is 1. The van der Waals surface area contributed by atoms with E-state index in [-0.39, 0.29) is 29.4 Å². The van der Waals surface area contributed by atoms with E-state index in [9.17, 15) is 19.5 Å². The van der Waals surface area contributed by atoms with Crippen LogP contribution in [0.5, 0.6) is 5.75 Å². The Bertz CT molecular complexity index is 988. The highest BCUT2D eigenvalue weighted by atomic mass is 35.5. The van der Waals surface area contributed by atoms with Gasteiger partial charge in [0, 0.05) is 13.0 Å². The van der Waals surface area contributed by atoms with Crippen LogP contribution in [0.15, 0.2) is 48.5 Å². The lowest BCUT2D eigenvalue weighted by Gasteiger charge is -2.17. The first kappa shape index (κ1) is 24.7. The van der Waals surface area contributed by atoms with E-state index in [1.54, 1.807) is 30.3 Å². The number of halogens is 1. The summed E-state index contributed by atoms with van der Waals surface area (Å²) < 4.78 is 5.31. The summed E-state index contributed by atoms with van der Waals surface area (Å²) in [5, 5.41) is 12.2. The van der Waals surface area contributed by atoms with Crippen molar-refractivity contribution in [1.82, 2.24) is 10.2 Å². The lowest BCUT2D eigenvalue weighted by molar-refractivity contribution is -0.139. The molecule has 0 aliphatic rings. The zero-order chi connectivity index (χ0) is 23.5. The number of benzene rings is 2. The number of ether oxygens (including phenoxy) is 1. The lowest BCUT2D eigenvalue weighted by atomic mass is 10.1. The highest BCUT2D eigenvalue weighted by Crippen LogP contribution is 2.17. The van der Waals surface area contributed by atoms with E-state index in [4.69, 9.17) is 22.9 Å². The van der Waals surface area contributed by atoms with Crippen LogP contribution in [-0.2, 0) is 11.2 Å². The van der Waals surface area contributed by atoms with Crippen molar-refractivity contribution in [3.63, 3.8) is 0 Å². The van der Waals surface area contributed by atoms with Crippen molar-refractivity contribution in [3.8, 4) is 5.75 Å². The van der Waals surface area contributed by atoms with Crippen LogP contribution >= 0.6 is 11.6 Å². The molecule has 0 saturated heterocycles. The summed E-state index contributed by atoms with van der Waals surface area (Å²) in [7, 11) is 0. The molecule has 0 fully saturated rings. The Labute approximate surface area is 191 Å². The molecule has 9 heteroatoms. The van der Waals surface area contributed by atoms with E-state index < -0.39 is 24.0 Å². The molecule has 0 radical (unpaired) electrons. The number of hydrogen-bond acceptors (Lipinski definition) is 4. The molecule has 2 aromatic carbocycles. The molecule has 0 aromatic heterocycles. The summed E-state index contributed by atoms with van der Waals surface area (Å²) >= 11 is 6.00. The minimum absolute atomic E-state index is 0.0279. The van der Waals surface area contributed by atoms with Gasteiger partial charge in [0.15, 0.2) is 0 Å². The molecule has 0 bridgehead atoms. The average Bonchev–Trinajstić information content (AvgIpc) is 2.77. The highest BCUT2D eigenvalue weighted by Gasteiger charge is 2.22. The molecule has 0 heterocycles. The van der Waals surface area contributed by atoms with Crippen molar-refractivity contribution in [2.45, 2.75) is 32.2 Å². The number of nitrogens with one attached hydrogen (secondary N) is 1. The Hall–Kier alpha value is -3.57. The molecule has 0 aliphatic carbocycles. The third kappa shape index (κ3) is 7.29. The van der Waals surface area contributed by atoms with Crippen molar-refractivity contribution in [3.05, 3.63) is 76.1 Å². The van der Waals surface area contributed by atoms with Gasteiger partial charge in [-0.2, -0.15) is 0 Å². The monoisotopic (exact) mass is 457 g/mol. The van der Waals surface area contributed by atoms with Crippen LogP contribution < -0.4 is 10.1 Å². The van der Waals surface area contributed by atoms with Crippen LogP contribution in [0.1, 0.15) is 35.7 Å². The lowest BCUT2D eigenvalue weighted by Crippen LogP contribution is -2.42. The van der Waals surface area contributed by atoms with Gasteiger partial charge in [-0.3, -0.25) is 9.64 Å². The molecule has 2 N–H and O–H groups in total. The fraction of sp³-hybridized carbons (Fsp3) is 0.304. The first-order chi connectivity index (χ1) is 15.3. The summed E-state index contributed by atoms with van der Waals surface area (Å²) in [5.41, 5.74) is 0.815. The van der Waals surface area contributed by atoms with Gasteiger partial charge in [-0.05, 0) is 36.2 Å². The van der Waals surface area contributed by atoms with E-state index in [0.29, 0.717) is 12.1 Å². The van der Waals surface area contributed by atoms with Gasteiger partial charge in [0.2, 0.25) is 0 Å². The third-order valence-corrected chi connectivity index (χ3v) is 4.90. The predicted molar refractivity (Wildman–Crippen MR) is 120 cm³/mol. The fourth-order valence-corrected chi connectivity index (χ4v) is 3.05. The molecule has 2 aromatic rings. The summed E-state index contributed by atoms with van der Waals surface area (Å²) in [6, 6.07) is 11.5. The Kier molecular flexibility index (Phi) is 9.51. The van der Waals surface area contributed by atoms with Crippen LogP contribution in [0.3, 0.4) is 0 Å². The smallest absolute Gasteiger partial charge is 0.420 e. The molecular formula is C23H24ClN3O5. The topological polar surface area (TPSA) is 100 Å². The molecular weight excluding hydrogens is 434 g/mol. The predicted octanol–water partition coefficient (Wildman–Crippen LogP) is 4.24. The fourth-order valence-electron chi connectivity index (χ4n) is 2.83. The van der Waals surface area contributed by atoms with Gasteiger partial charge < -0.3 is 15.2 Å². The van der Waals surface area contributed by atoms with Crippen LogP contribution in [0.2, 0.25) is 5.02 Å². The van der Waals surface area contributed by atoms with Gasteiger partial charge in [0.25, 0.3) is 12.6 Å². The van der Waals surface area contributed by atoms with Crippen molar-refractivity contribution < 1.29 is 24.2 Å². The Balaban J connectivity index is 2.02. The molecule has 32 heavy (non-hydrogen) atoms. The Morgan fingerprint density at radius 1 is 1.19 bits per heavy atom. The molecule has 168 valence electrons. The van der Waals surface area contributed by atoms with E-state index >= 15 is 0 Å². The summed E-state index contributed by atoms with van der Waals surface area (Å²) in [4.78, 5) is 40.9. The third-order valence-electron chi connectivity index (χ3n) is 4.57. The maximum Gasteiger partial charge on any atom is 0.420 e. The molecule has 0 saturated carbocycles. The van der Waals surface area contributed by atoms with Crippen LogP contribution in [0.25, 0.3) is 4.85 Å². The number of aliphatic carboxylic acids is 1. The number of hydrogen-bond donors (Lipinski definition) is 2. The number of carboxylic acids is 1. The van der Waals surface area contributed by atoms with Gasteiger partial charge in [0.05, 0.1) is 10.6 Å². The molecule has 1 atom stereocenters. The summed E-state index contributed by atoms with van der Waals surface area (Å²) in [6.45, 7) is 9.31. The van der Waals surface area contributed by atoms with E-state index in [1.165, 1.54) is 23.1 Å². The Morgan fingerprint density at radius 3 is 2.47 bits per heavy atom. The van der Waals surface area contributed by atoms with Gasteiger partial charge in [-0.15, -0.1) is 0 Å². The van der Waals surface area contributed by atoms with Crippen LogP contribution in [-0.4, -0.2) is 47.2 Å². The average molecular weight is 458 g/mol. The molecule has 8 nitrogen and oxygen atoms in total. The number of rotatable bonds is 10. The second-order valence-electron chi connectivity index (χ2n) is 6.98. The zero-order valence-electron chi connectivity index (χ0n) is 17.6. The van der Waals surface area contributed by atoms with Gasteiger partial charge >= 0.3 is 12.1 Å². The number of carboxylic acid groups (broad SMARTS) is 1. The first-order valence-electron chi connectivity index (χ1n) is 10.0. The SMILES string of the molecule is [C-]#[N+]CN(CCCC)C(=O)Oc1ccc(C[C@H](NC(=O)c2ccccc2Cl)C(=O)O)cc1. The number of carbonyl (C=O) groups is 3. The van der Waals surface area contributed by atoms with Crippen molar-refractivity contribution in [2.75, 3.05) is 13.2 Å². The number of amides is 2. The van der Waals surface area contributed by atoms with Crippen molar-refractivity contribution in [1.29, 1.82) is 0 Å². The number of nitrogens with zero attached hydrogens (tertiary/aromatic N) is 2. The standard InChI is InChI=1S/C23H24ClN3O5/c1-3-4-13-27(15-25-2)23(31)32-17-11-9-16(10-12-17)14-20(22(29)30)26-21(28)18-7-5-6-8-19(18)24/h5-12,20H,3-4,13-15H2,1H3,(H,26,28)(H,29,30)/t20-/m0/s1. The van der Waals surface area contributed by atoms with Gasteiger partial charge in [-0.25, -0.2) is 21.1 Å². The summed E-state index contributed by atoms with van der Waals surface area (Å²) in [6.07, 6.45) is 1.06. The minimum atomic E-state index is -1.19. The van der Waals surface area contributed by atoms with Crippen molar-refractivity contribution >= 4 is 29.6 Å². The second kappa shape index (κ2) is 12.3. The second-order valence-corrected chi connectivity index (χ2v) is 7.38. The minimum Gasteiger partial charge on any atom is -0.480 e. The molecule has 2 amide bonds. The number of carbonyl (C=O) groups excluding carboxylic acids is 2. The largest absolute Gasteiger partial charge is 0.480 e. The zero-order valence-corrected chi connectivity index (χ0v) is 18.3. The van der Waals surface area contributed by atoms with Crippen LogP contribution in [0.4, 0.5) is 4.79 Å². The van der Waals surface area contributed by atoms with E-state index in [1.807, 2.05) is 6.92 Å². The van der Waals surface area contributed by atoms with Crippen LogP contribution in [0, 0.1) is 6.57 Å². The van der Waals surface area contributed by atoms with Crippen molar-refractivity contribution in [2.24, 2.45) is 0 Å². The molecule has 0 spiro atoms. The summed E-state index contributed by atoms with van der Waals surface area (Å²) in [5.74, 6) is -1.50. The van der Waals surface area contributed by atoms with Gasteiger partial charge in [-0.1, -0.05) is 49.2 Å². The quantitative estimate of drug-likeness (QED) is 0.519. The van der Waals surface area contributed by atoms with Gasteiger partial charge in [0.1, 0.15) is 11.8 Å². The molecule has 0 unspecified atom stereocenters. The maximum absolute atomic E-state index is 12.4. The first-order valence-corrected chi connectivity index (χ1v) is 10.4. The molecule has 0 aliphatic heterocycles. The maximum atomic E-state index is 12.4. The highest BCUT2D eigenvalue weighted by molar-refractivity contribution is 6.33. The Morgan fingerprint density at radius 2 is 1.88 bits per heavy atom. The normalized spacial score (nSPS) is 11.2.